The average molecular weight is 475 g/mol. The highest BCUT2D eigenvalue weighted by atomic mass is 32.2. The number of methoxy groups -OCH3 is 1. The summed E-state index contributed by atoms with van der Waals surface area (Å²) in [5.74, 6) is 0.884. The van der Waals surface area contributed by atoms with Crippen LogP contribution < -0.4 is 10.1 Å². The molecular formula is C22H26N4O4S2. The SMILES string of the molecule is COC(=O)c1c(NC(=O)CSc2nnc(COc3ccc(C)cc3C)n2C)sc(C)c1C. The quantitative estimate of drug-likeness (QED) is 0.386. The first-order chi connectivity index (χ1) is 15.2. The molecule has 0 saturated carbocycles. The van der Waals surface area contributed by atoms with E-state index in [1.54, 1.807) is 4.57 Å². The molecule has 3 aromatic rings. The van der Waals surface area contributed by atoms with Crippen molar-refractivity contribution in [2.24, 2.45) is 7.05 Å². The van der Waals surface area contributed by atoms with Gasteiger partial charge in [0.2, 0.25) is 5.91 Å². The molecule has 0 atom stereocenters. The second-order valence-corrected chi connectivity index (χ2v) is 9.50. The minimum Gasteiger partial charge on any atom is -0.485 e. The summed E-state index contributed by atoms with van der Waals surface area (Å²) in [6, 6.07) is 6.01. The molecule has 1 amide bonds. The Hall–Kier alpha value is -2.85. The van der Waals surface area contributed by atoms with E-state index in [9.17, 15) is 9.59 Å². The Balaban J connectivity index is 1.60. The molecule has 32 heavy (non-hydrogen) atoms. The molecule has 0 radical (unpaired) electrons. The number of hydrogen-bond acceptors (Lipinski definition) is 8. The second kappa shape index (κ2) is 10.2. The molecule has 0 aliphatic heterocycles. The Morgan fingerprint density at radius 2 is 1.94 bits per heavy atom. The van der Waals surface area contributed by atoms with Crippen molar-refractivity contribution >= 4 is 40.0 Å². The zero-order chi connectivity index (χ0) is 23.4. The Labute approximate surface area is 195 Å². The first kappa shape index (κ1) is 23.8. The minimum atomic E-state index is -0.462. The van der Waals surface area contributed by atoms with Crippen LogP contribution in [0.4, 0.5) is 5.00 Å². The number of carbonyl (C=O) groups is 2. The molecule has 1 N–H and O–H groups in total. The van der Waals surface area contributed by atoms with Gasteiger partial charge in [0.25, 0.3) is 0 Å². The first-order valence-electron chi connectivity index (χ1n) is 9.90. The lowest BCUT2D eigenvalue weighted by Crippen LogP contribution is -2.16. The summed E-state index contributed by atoms with van der Waals surface area (Å²) >= 11 is 2.62. The summed E-state index contributed by atoms with van der Waals surface area (Å²) in [6.07, 6.45) is 0. The van der Waals surface area contributed by atoms with E-state index < -0.39 is 5.97 Å². The Morgan fingerprint density at radius 3 is 2.62 bits per heavy atom. The maximum absolute atomic E-state index is 12.5. The molecule has 8 nitrogen and oxygen atoms in total. The van der Waals surface area contributed by atoms with Crippen LogP contribution in [-0.2, 0) is 23.2 Å². The molecule has 0 aliphatic carbocycles. The summed E-state index contributed by atoms with van der Waals surface area (Å²) in [5, 5.41) is 12.3. The van der Waals surface area contributed by atoms with Gasteiger partial charge in [-0.15, -0.1) is 21.5 Å². The number of amides is 1. The van der Waals surface area contributed by atoms with E-state index in [0.717, 1.165) is 21.8 Å². The maximum Gasteiger partial charge on any atom is 0.341 e. The molecule has 3 rings (SSSR count). The number of benzene rings is 1. The average Bonchev–Trinajstić information content (AvgIpc) is 3.24. The molecule has 0 aliphatic rings. The summed E-state index contributed by atoms with van der Waals surface area (Å²) in [5.41, 5.74) is 3.45. The van der Waals surface area contributed by atoms with Gasteiger partial charge >= 0.3 is 5.97 Å². The fraction of sp³-hybridized carbons (Fsp3) is 0.364. The van der Waals surface area contributed by atoms with Crippen LogP contribution in [0.15, 0.2) is 23.4 Å². The van der Waals surface area contributed by atoms with Gasteiger partial charge in [0.1, 0.15) is 17.4 Å². The topological polar surface area (TPSA) is 95.3 Å². The molecular weight excluding hydrogens is 448 g/mol. The summed E-state index contributed by atoms with van der Waals surface area (Å²) in [6.45, 7) is 8.05. The maximum atomic E-state index is 12.5. The Bertz CT molecular complexity index is 1150. The van der Waals surface area contributed by atoms with Crippen molar-refractivity contribution in [3.63, 3.8) is 0 Å². The fourth-order valence-electron chi connectivity index (χ4n) is 3.06. The predicted octanol–water partition coefficient (Wildman–Crippen LogP) is 4.21. The van der Waals surface area contributed by atoms with Gasteiger partial charge in [0.15, 0.2) is 11.0 Å². The number of aromatic nitrogens is 3. The van der Waals surface area contributed by atoms with Gasteiger partial charge in [0.05, 0.1) is 18.4 Å². The lowest BCUT2D eigenvalue weighted by Gasteiger charge is -2.09. The summed E-state index contributed by atoms with van der Waals surface area (Å²) in [4.78, 5) is 25.5. The molecule has 0 saturated heterocycles. The molecule has 170 valence electrons. The van der Waals surface area contributed by atoms with Crippen molar-refractivity contribution in [3.05, 3.63) is 51.2 Å². The molecule has 0 bridgehead atoms. The van der Waals surface area contributed by atoms with Crippen molar-refractivity contribution in [3.8, 4) is 5.75 Å². The van der Waals surface area contributed by atoms with Gasteiger partial charge in [0, 0.05) is 11.9 Å². The number of esters is 1. The zero-order valence-electron chi connectivity index (χ0n) is 18.9. The van der Waals surface area contributed by atoms with Gasteiger partial charge in [-0.25, -0.2) is 4.79 Å². The highest BCUT2D eigenvalue weighted by Crippen LogP contribution is 2.33. The third kappa shape index (κ3) is 5.31. The number of rotatable bonds is 8. The van der Waals surface area contributed by atoms with Crippen molar-refractivity contribution in [1.29, 1.82) is 0 Å². The van der Waals surface area contributed by atoms with Gasteiger partial charge in [-0.2, -0.15) is 0 Å². The number of nitrogens with one attached hydrogen (secondary N) is 1. The van der Waals surface area contributed by atoms with Gasteiger partial charge in [-0.1, -0.05) is 29.5 Å². The number of nitrogens with zero attached hydrogens (tertiary/aromatic N) is 3. The number of anilines is 1. The van der Waals surface area contributed by atoms with Crippen LogP contribution in [0.5, 0.6) is 5.75 Å². The lowest BCUT2D eigenvalue weighted by atomic mass is 10.1. The van der Waals surface area contributed by atoms with Crippen LogP contribution in [0.3, 0.4) is 0 Å². The number of aryl methyl sites for hydroxylation is 3. The van der Waals surface area contributed by atoms with Crippen LogP contribution in [0, 0.1) is 27.7 Å². The molecule has 10 heteroatoms. The van der Waals surface area contributed by atoms with Gasteiger partial charge in [-0.3, -0.25) is 4.79 Å². The minimum absolute atomic E-state index is 0.126. The monoisotopic (exact) mass is 474 g/mol. The number of carbonyl (C=O) groups excluding carboxylic acids is 2. The Morgan fingerprint density at radius 1 is 1.19 bits per heavy atom. The molecule has 0 fully saturated rings. The zero-order valence-corrected chi connectivity index (χ0v) is 20.6. The molecule has 2 aromatic heterocycles. The van der Waals surface area contributed by atoms with Crippen molar-refractivity contribution in [2.45, 2.75) is 39.5 Å². The van der Waals surface area contributed by atoms with E-state index in [1.807, 2.05) is 46.9 Å². The molecule has 2 heterocycles. The van der Waals surface area contributed by atoms with E-state index in [2.05, 4.69) is 21.6 Å². The van der Waals surface area contributed by atoms with Gasteiger partial charge < -0.3 is 19.4 Å². The van der Waals surface area contributed by atoms with E-state index in [-0.39, 0.29) is 18.3 Å². The standard InChI is InChI=1S/C22H26N4O4S2/c1-12-7-8-16(13(2)9-12)30-10-17-24-25-22(26(17)5)31-11-18(27)23-20-19(21(28)29-6)14(3)15(4)32-20/h7-9H,10-11H2,1-6H3,(H,23,27). The fourth-order valence-corrected chi connectivity index (χ4v) is 4.85. The number of ether oxygens (including phenoxy) is 2. The van der Waals surface area contributed by atoms with E-state index >= 15 is 0 Å². The number of thiophene rings is 1. The first-order valence-corrected chi connectivity index (χ1v) is 11.7. The van der Waals surface area contributed by atoms with Crippen molar-refractivity contribution < 1.29 is 19.1 Å². The highest BCUT2D eigenvalue weighted by molar-refractivity contribution is 7.99. The van der Waals surface area contributed by atoms with Crippen LogP contribution in [0.1, 0.15) is 37.7 Å². The van der Waals surface area contributed by atoms with Crippen molar-refractivity contribution in [2.75, 3.05) is 18.2 Å². The molecule has 0 unspecified atom stereocenters. The number of thioether (sulfide) groups is 1. The van der Waals surface area contributed by atoms with E-state index in [4.69, 9.17) is 9.47 Å². The van der Waals surface area contributed by atoms with Crippen LogP contribution in [0.25, 0.3) is 0 Å². The summed E-state index contributed by atoms with van der Waals surface area (Å²) in [7, 11) is 3.16. The number of hydrogen-bond donors (Lipinski definition) is 1. The predicted molar refractivity (Wildman–Crippen MR) is 126 cm³/mol. The molecule has 0 spiro atoms. The molecule has 1 aromatic carbocycles. The van der Waals surface area contributed by atoms with Crippen LogP contribution in [-0.4, -0.2) is 39.5 Å². The largest absolute Gasteiger partial charge is 0.485 e. The van der Waals surface area contributed by atoms with E-state index in [1.165, 1.54) is 35.8 Å². The third-order valence-corrected chi connectivity index (χ3v) is 7.12. The van der Waals surface area contributed by atoms with Crippen molar-refractivity contribution in [1.82, 2.24) is 14.8 Å². The Kier molecular flexibility index (Phi) is 7.57. The lowest BCUT2D eigenvalue weighted by molar-refractivity contribution is -0.113. The highest BCUT2D eigenvalue weighted by Gasteiger charge is 2.22. The third-order valence-electron chi connectivity index (χ3n) is 4.97. The van der Waals surface area contributed by atoms with Crippen LogP contribution in [0.2, 0.25) is 0 Å². The smallest absolute Gasteiger partial charge is 0.341 e. The second-order valence-electron chi connectivity index (χ2n) is 7.33. The van der Waals surface area contributed by atoms with Gasteiger partial charge in [-0.05, 0) is 44.9 Å². The normalized spacial score (nSPS) is 10.8. The van der Waals surface area contributed by atoms with Crippen LogP contribution >= 0.6 is 23.1 Å². The van der Waals surface area contributed by atoms with E-state index in [0.29, 0.717) is 21.5 Å². The summed E-state index contributed by atoms with van der Waals surface area (Å²) < 4.78 is 12.5.